The number of benzene rings is 1. The fourth-order valence-corrected chi connectivity index (χ4v) is 2.39. The van der Waals surface area contributed by atoms with E-state index in [9.17, 15) is 0 Å². The number of ether oxygens (including phenoxy) is 1. The molecule has 20 heavy (non-hydrogen) atoms. The quantitative estimate of drug-likeness (QED) is 0.711. The highest BCUT2D eigenvalue weighted by Gasteiger charge is 2.07. The van der Waals surface area contributed by atoms with Gasteiger partial charge in [-0.15, -0.1) is 0 Å². The van der Waals surface area contributed by atoms with E-state index in [1.165, 1.54) is 10.9 Å². The van der Waals surface area contributed by atoms with Gasteiger partial charge in [-0.1, -0.05) is 6.07 Å². The molecule has 0 fully saturated rings. The van der Waals surface area contributed by atoms with Crippen molar-refractivity contribution in [1.82, 2.24) is 14.3 Å². The molecule has 2 heterocycles. The van der Waals surface area contributed by atoms with Gasteiger partial charge in [0.05, 0.1) is 18.2 Å². The Morgan fingerprint density at radius 3 is 2.75 bits per heavy atom. The van der Waals surface area contributed by atoms with Gasteiger partial charge in [0.15, 0.2) is 0 Å². The van der Waals surface area contributed by atoms with E-state index in [4.69, 9.17) is 4.74 Å². The van der Waals surface area contributed by atoms with Gasteiger partial charge in [-0.05, 0) is 38.1 Å². The first-order valence-electron chi connectivity index (χ1n) is 6.96. The van der Waals surface area contributed by atoms with Crippen molar-refractivity contribution in [2.45, 2.75) is 33.0 Å². The molecular formula is C16H19N3O. The van der Waals surface area contributed by atoms with Crippen LogP contribution in [0.3, 0.4) is 0 Å². The number of aryl methyl sites for hydroxylation is 2. The highest BCUT2D eigenvalue weighted by atomic mass is 16.5. The van der Waals surface area contributed by atoms with Crippen LogP contribution in [0.5, 0.6) is 5.75 Å². The third kappa shape index (κ3) is 2.54. The van der Waals surface area contributed by atoms with Crippen molar-refractivity contribution in [3.05, 3.63) is 48.9 Å². The Balaban J connectivity index is 1.85. The zero-order valence-electron chi connectivity index (χ0n) is 11.9. The number of aromatic nitrogens is 3. The zero-order chi connectivity index (χ0) is 13.9. The first-order chi connectivity index (χ1) is 9.74. The molecule has 0 saturated carbocycles. The van der Waals surface area contributed by atoms with Gasteiger partial charge in [0.25, 0.3) is 0 Å². The minimum absolute atomic E-state index is 0.188. The van der Waals surface area contributed by atoms with Gasteiger partial charge < -0.3 is 9.30 Å². The molecular weight excluding hydrogens is 250 g/mol. The number of hydrogen-bond donors (Lipinski definition) is 0. The Kier molecular flexibility index (Phi) is 3.46. The summed E-state index contributed by atoms with van der Waals surface area (Å²) in [7, 11) is 0. The molecule has 0 bridgehead atoms. The standard InChI is InChI=1S/C16H19N3O/c1-13(2)20-16-6-3-5-15-14(16)7-10-18(15)11-12-19-9-4-8-17-19/h3-10,13H,11-12H2,1-2H3. The van der Waals surface area contributed by atoms with E-state index in [-0.39, 0.29) is 6.10 Å². The number of nitrogens with zero attached hydrogens (tertiary/aromatic N) is 3. The molecule has 0 N–H and O–H groups in total. The molecule has 4 heteroatoms. The second-order valence-corrected chi connectivity index (χ2v) is 5.13. The van der Waals surface area contributed by atoms with Crippen molar-refractivity contribution < 1.29 is 4.74 Å². The third-order valence-corrected chi connectivity index (χ3v) is 3.27. The van der Waals surface area contributed by atoms with Gasteiger partial charge in [-0.25, -0.2) is 0 Å². The van der Waals surface area contributed by atoms with Crippen LogP contribution in [0.4, 0.5) is 0 Å². The lowest BCUT2D eigenvalue weighted by Crippen LogP contribution is -2.07. The molecule has 0 aliphatic heterocycles. The maximum absolute atomic E-state index is 5.86. The maximum Gasteiger partial charge on any atom is 0.129 e. The molecule has 1 aromatic carbocycles. The Morgan fingerprint density at radius 1 is 1.10 bits per heavy atom. The van der Waals surface area contributed by atoms with Crippen molar-refractivity contribution in [3.63, 3.8) is 0 Å². The van der Waals surface area contributed by atoms with Crippen molar-refractivity contribution in [2.75, 3.05) is 0 Å². The minimum atomic E-state index is 0.188. The van der Waals surface area contributed by atoms with Crippen LogP contribution in [-0.4, -0.2) is 20.5 Å². The van der Waals surface area contributed by atoms with E-state index >= 15 is 0 Å². The number of hydrogen-bond acceptors (Lipinski definition) is 2. The van der Waals surface area contributed by atoms with Crippen LogP contribution >= 0.6 is 0 Å². The molecule has 2 aromatic heterocycles. The highest BCUT2D eigenvalue weighted by molar-refractivity contribution is 5.86. The Labute approximate surface area is 118 Å². The van der Waals surface area contributed by atoms with Crippen molar-refractivity contribution in [3.8, 4) is 5.75 Å². The molecule has 3 aromatic rings. The molecule has 3 rings (SSSR count). The van der Waals surface area contributed by atoms with Crippen LogP contribution in [0.25, 0.3) is 10.9 Å². The van der Waals surface area contributed by atoms with E-state index in [2.05, 4.69) is 28.0 Å². The summed E-state index contributed by atoms with van der Waals surface area (Å²) in [6.45, 7) is 5.86. The van der Waals surface area contributed by atoms with Gasteiger partial charge in [0.1, 0.15) is 5.75 Å². The topological polar surface area (TPSA) is 32.0 Å². The fourth-order valence-electron chi connectivity index (χ4n) is 2.39. The molecule has 104 valence electrons. The second-order valence-electron chi connectivity index (χ2n) is 5.13. The lowest BCUT2D eigenvalue weighted by Gasteiger charge is -2.11. The van der Waals surface area contributed by atoms with E-state index < -0.39 is 0 Å². The monoisotopic (exact) mass is 269 g/mol. The second kappa shape index (κ2) is 5.41. The van der Waals surface area contributed by atoms with E-state index in [0.29, 0.717) is 0 Å². The van der Waals surface area contributed by atoms with E-state index in [1.54, 1.807) is 0 Å². The molecule has 0 radical (unpaired) electrons. The molecule has 0 aliphatic carbocycles. The summed E-state index contributed by atoms with van der Waals surface area (Å²) < 4.78 is 10.0. The molecule has 0 saturated heterocycles. The predicted octanol–water partition coefficient (Wildman–Crippen LogP) is 3.33. The molecule has 0 unspecified atom stereocenters. The highest BCUT2D eigenvalue weighted by Crippen LogP contribution is 2.27. The smallest absolute Gasteiger partial charge is 0.129 e. The molecule has 0 amide bonds. The van der Waals surface area contributed by atoms with Crippen molar-refractivity contribution in [2.24, 2.45) is 0 Å². The van der Waals surface area contributed by atoms with Crippen LogP contribution in [-0.2, 0) is 13.1 Å². The lowest BCUT2D eigenvalue weighted by atomic mass is 10.2. The van der Waals surface area contributed by atoms with E-state index in [1.807, 2.05) is 49.1 Å². The summed E-state index contributed by atoms with van der Waals surface area (Å²) in [5.74, 6) is 0.954. The van der Waals surface area contributed by atoms with Gasteiger partial charge in [-0.3, -0.25) is 4.68 Å². The zero-order valence-corrected chi connectivity index (χ0v) is 11.9. The van der Waals surface area contributed by atoms with Crippen LogP contribution in [0, 0.1) is 0 Å². The van der Waals surface area contributed by atoms with Crippen molar-refractivity contribution >= 4 is 10.9 Å². The SMILES string of the molecule is CC(C)Oc1cccc2c1ccn2CCn1cccn1. The van der Waals surface area contributed by atoms with Gasteiger partial charge in [-0.2, -0.15) is 5.10 Å². The molecule has 0 spiro atoms. The third-order valence-electron chi connectivity index (χ3n) is 3.27. The first-order valence-corrected chi connectivity index (χ1v) is 6.96. The summed E-state index contributed by atoms with van der Waals surface area (Å²) in [5, 5.41) is 5.40. The Morgan fingerprint density at radius 2 is 2.00 bits per heavy atom. The van der Waals surface area contributed by atoms with Crippen LogP contribution < -0.4 is 4.74 Å². The first kappa shape index (κ1) is 12.8. The van der Waals surface area contributed by atoms with Gasteiger partial charge in [0.2, 0.25) is 0 Å². The average molecular weight is 269 g/mol. The summed E-state index contributed by atoms with van der Waals surface area (Å²) in [4.78, 5) is 0. The lowest BCUT2D eigenvalue weighted by molar-refractivity contribution is 0.245. The summed E-state index contributed by atoms with van der Waals surface area (Å²) in [6.07, 6.45) is 6.09. The normalized spacial score (nSPS) is 11.3. The van der Waals surface area contributed by atoms with Crippen LogP contribution in [0.2, 0.25) is 0 Å². The largest absolute Gasteiger partial charge is 0.490 e. The molecule has 4 nitrogen and oxygen atoms in total. The van der Waals surface area contributed by atoms with Crippen molar-refractivity contribution in [1.29, 1.82) is 0 Å². The Hall–Kier alpha value is -2.23. The average Bonchev–Trinajstić information content (AvgIpc) is 3.05. The van der Waals surface area contributed by atoms with Crippen LogP contribution in [0.1, 0.15) is 13.8 Å². The van der Waals surface area contributed by atoms with Crippen LogP contribution in [0.15, 0.2) is 48.9 Å². The number of rotatable bonds is 5. The minimum Gasteiger partial charge on any atom is -0.490 e. The summed E-state index contributed by atoms with van der Waals surface area (Å²) >= 11 is 0. The van der Waals surface area contributed by atoms with Gasteiger partial charge >= 0.3 is 0 Å². The van der Waals surface area contributed by atoms with E-state index in [0.717, 1.165) is 18.8 Å². The van der Waals surface area contributed by atoms with Gasteiger partial charge in [0, 0.05) is 30.5 Å². The Bertz CT molecular complexity index is 683. The maximum atomic E-state index is 5.86. The summed E-state index contributed by atoms with van der Waals surface area (Å²) in [5.41, 5.74) is 1.20. The molecule has 0 aliphatic rings. The molecule has 0 atom stereocenters. The predicted molar refractivity (Wildman–Crippen MR) is 79.9 cm³/mol. The number of fused-ring (bicyclic) bond motifs is 1. The fraction of sp³-hybridized carbons (Fsp3) is 0.312. The summed E-state index contributed by atoms with van der Waals surface area (Å²) in [6, 6.07) is 10.3.